The second-order valence-corrected chi connectivity index (χ2v) is 8.16. The molecule has 0 radical (unpaired) electrons. The first-order chi connectivity index (χ1) is 13.9. The van der Waals surface area contributed by atoms with E-state index in [1.54, 1.807) is 24.3 Å². The molecule has 1 N–H and O–H groups in total. The number of nitrogens with zero attached hydrogens (tertiary/aromatic N) is 2. The number of nitriles is 1. The van der Waals surface area contributed by atoms with E-state index in [9.17, 15) is 10.1 Å². The highest BCUT2D eigenvalue weighted by atomic mass is 35.5. The average Bonchev–Trinajstić information content (AvgIpc) is 2.71. The van der Waals surface area contributed by atoms with Gasteiger partial charge in [-0.25, -0.2) is 0 Å². The SMILES string of the molecule is CCC(C)NC[C@H](CC=O)N(Cc1cc(Cl)ccc1Cl)c1ccc(C#N)c(Cl)c1. The summed E-state index contributed by atoms with van der Waals surface area (Å²) in [5, 5.41) is 14.2. The Bertz CT molecular complexity index is 882. The smallest absolute Gasteiger partial charge is 0.122 e. The molecule has 0 saturated carbocycles. The number of carbonyl (C=O) groups excluding carboxylic acids is 1. The summed E-state index contributed by atoms with van der Waals surface area (Å²) in [6.07, 6.45) is 2.23. The summed E-state index contributed by atoms with van der Waals surface area (Å²) in [4.78, 5) is 13.5. The van der Waals surface area contributed by atoms with Crippen LogP contribution in [-0.4, -0.2) is 24.9 Å². The van der Waals surface area contributed by atoms with Crippen LogP contribution in [0.15, 0.2) is 36.4 Å². The van der Waals surface area contributed by atoms with Gasteiger partial charge in [0.15, 0.2) is 0 Å². The lowest BCUT2D eigenvalue weighted by Crippen LogP contribution is -2.44. The predicted octanol–water partition coefficient (Wildman–Crippen LogP) is 5.87. The van der Waals surface area contributed by atoms with Crippen LogP contribution in [-0.2, 0) is 11.3 Å². The van der Waals surface area contributed by atoms with Crippen molar-refractivity contribution in [3.8, 4) is 6.07 Å². The van der Waals surface area contributed by atoms with Gasteiger partial charge in [-0.15, -0.1) is 0 Å². The van der Waals surface area contributed by atoms with Crippen LogP contribution in [0.3, 0.4) is 0 Å². The summed E-state index contributed by atoms with van der Waals surface area (Å²) in [7, 11) is 0. The number of anilines is 1. The minimum atomic E-state index is -0.124. The Morgan fingerprint density at radius 3 is 2.55 bits per heavy atom. The largest absolute Gasteiger partial charge is 0.362 e. The molecule has 154 valence electrons. The fourth-order valence-electron chi connectivity index (χ4n) is 2.97. The maximum absolute atomic E-state index is 11.4. The summed E-state index contributed by atoms with van der Waals surface area (Å²) in [5.41, 5.74) is 2.06. The van der Waals surface area contributed by atoms with Crippen molar-refractivity contribution in [1.82, 2.24) is 5.32 Å². The zero-order valence-corrected chi connectivity index (χ0v) is 18.7. The third kappa shape index (κ3) is 6.62. The Kier molecular flexibility index (Phi) is 9.26. The number of rotatable bonds is 10. The number of hydrogen-bond donors (Lipinski definition) is 1. The molecule has 0 aliphatic rings. The van der Waals surface area contributed by atoms with Gasteiger partial charge in [-0.2, -0.15) is 5.26 Å². The third-order valence-electron chi connectivity index (χ3n) is 4.88. The van der Waals surface area contributed by atoms with Crippen molar-refractivity contribution in [2.75, 3.05) is 11.4 Å². The van der Waals surface area contributed by atoms with Gasteiger partial charge in [-0.1, -0.05) is 41.7 Å². The predicted molar refractivity (Wildman–Crippen MR) is 121 cm³/mol. The molecule has 7 heteroatoms. The van der Waals surface area contributed by atoms with Gasteiger partial charge in [-0.3, -0.25) is 0 Å². The van der Waals surface area contributed by atoms with Crippen LogP contribution in [0.2, 0.25) is 15.1 Å². The standard InChI is InChI=1S/C22H24Cl3N3O/c1-3-15(2)27-13-20(8-9-29)28(14-17-10-18(23)5-7-21(17)24)19-6-4-16(12-26)22(25)11-19/h4-7,9-11,15,20,27H,3,8,13-14H2,1-2H3/t15?,20-/m0/s1. The van der Waals surface area contributed by atoms with Gasteiger partial charge in [0.05, 0.1) is 10.6 Å². The zero-order valence-electron chi connectivity index (χ0n) is 16.5. The maximum Gasteiger partial charge on any atom is 0.122 e. The van der Waals surface area contributed by atoms with E-state index in [2.05, 4.69) is 30.1 Å². The molecule has 0 aliphatic heterocycles. The molecule has 0 fully saturated rings. The highest BCUT2D eigenvalue weighted by Gasteiger charge is 2.22. The van der Waals surface area contributed by atoms with E-state index in [-0.39, 0.29) is 6.04 Å². The van der Waals surface area contributed by atoms with Crippen LogP contribution in [0.1, 0.15) is 37.8 Å². The molecule has 29 heavy (non-hydrogen) atoms. The molecule has 0 aliphatic carbocycles. The van der Waals surface area contributed by atoms with Crippen LogP contribution in [0.4, 0.5) is 5.69 Å². The van der Waals surface area contributed by atoms with E-state index >= 15 is 0 Å². The topological polar surface area (TPSA) is 56.1 Å². The number of carbonyl (C=O) groups is 1. The number of nitrogens with one attached hydrogen (secondary N) is 1. The Hall–Kier alpha value is -1.77. The molecule has 2 aromatic carbocycles. The highest BCUT2D eigenvalue weighted by Crippen LogP contribution is 2.29. The zero-order chi connectivity index (χ0) is 21.4. The summed E-state index contributed by atoms with van der Waals surface area (Å²) in [6.45, 7) is 5.27. The second-order valence-electron chi connectivity index (χ2n) is 6.91. The molecular formula is C22H24Cl3N3O. The number of benzene rings is 2. The van der Waals surface area contributed by atoms with E-state index in [0.29, 0.717) is 46.2 Å². The maximum atomic E-state index is 11.4. The number of aldehydes is 1. The summed E-state index contributed by atoms with van der Waals surface area (Å²) in [6, 6.07) is 12.9. The Balaban J connectivity index is 2.44. The first-order valence-electron chi connectivity index (χ1n) is 9.46. The first-order valence-corrected chi connectivity index (χ1v) is 10.6. The number of halogens is 3. The first kappa shape index (κ1) is 23.5. The normalized spacial score (nSPS) is 12.8. The third-order valence-corrected chi connectivity index (χ3v) is 5.79. The van der Waals surface area contributed by atoms with E-state index in [4.69, 9.17) is 34.8 Å². The average molecular weight is 453 g/mol. The lowest BCUT2D eigenvalue weighted by molar-refractivity contribution is -0.108. The lowest BCUT2D eigenvalue weighted by Gasteiger charge is -2.34. The van der Waals surface area contributed by atoms with E-state index < -0.39 is 0 Å². The molecule has 1 unspecified atom stereocenters. The van der Waals surface area contributed by atoms with Crippen LogP contribution < -0.4 is 10.2 Å². The Morgan fingerprint density at radius 2 is 1.93 bits per heavy atom. The fourth-order valence-corrected chi connectivity index (χ4v) is 3.56. The molecule has 2 atom stereocenters. The van der Waals surface area contributed by atoms with Crippen molar-refractivity contribution in [3.63, 3.8) is 0 Å². The van der Waals surface area contributed by atoms with Crippen molar-refractivity contribution in [1.29, 1.82) is 5.26 Å². The lowest BCUT2D eigenvalue weighted by atomic mass is 10.1. The minimum Gasteiger partial charge on any atom is -0.362 e. The molecule has 0 saturated heterocycles. The summed E-state index contributed by atoms with van der Waals surface area (Å²) < 4.78 is 0. The number of hydrogen-bond acceptors (Lipinski definition) is 4. The van der Waals surface area contributed by atoms with Crippen LogP contribution >= 0.6 is 34.8 Å². The monoisotopic (exact) mass is 451 g/mol. The molecule has 2 rings (SSSR count). The van der Waals surface area contributed by atoms with Gasteiger partial charge in [0.2, 0.25) is 0 Å². The second kappa shape index (κ2) is 11.4. The van der Waals surface area contributed by atoms with Gasteiger partial charge in [0.25, 0.3) is 0 Å². The molecule has 0 bridgehead atoms. The molecule has 0 aromatic heterocycles. The van der Waals surface area contributed by atoms with E-state index in [1.165, 1.54) is 0 Å². The summed E-state index contributed by atoms with van der Waals surface area (Å²) in [5.74, 6) is 0. The fraction of sp³-hybridized carbons (Fsp3) is 0.364. The Morgan fingerprint density at radius 1 is 1.17 bits per heavy atom. The quantitative estimate of drug-likeness (QED) is 0.458. The molecule has 0 heterocycles. The van der Waals surface area contributed by atoms with E-state index in [0.717, 1.165) is 24.0 Å². The van der Waals surface area contributed by atoms with Gasteiger partial charge in [0, 0.05) is 47.3 Å². The molecular weight excluding hydrogens is 429 g/mol. The molecule has 0 amide bonds. The van der Waals surface area contributed by atoms with Crippen LogP contribution in [0.25, 0.3) is 0 Å². The molecule has 0 spiro atoms. The van der Waals surface area contributed by atoms with E-state index in [1.807, 2.05) is 12.1 Å². The van der Waals surface area contributed by atoms with Crippen molar-refractivity contribution < 1.29 is 4.79 Å². The van der Waals surface area contributed by atoms with Crippen LogP contribution in [0, 0.1) is 11.3 Å². The van der Waals surface area contributed by atoms with Crippen molar-refractivity contribution >= 4 is 46.8 Å². The minimum absolute atomic E-state index is 0.124. The molecule has 4 nitrogen and oxygen atoms in total. The van der Waals surface area contributed by atoms with Gasteiger partial charge < -0.3 is 15.0 Å². The highest BCUT2D eigenvalue weighted by molar-refractivity contribution is 6.33. The van der Waals surface area contributed by atoms with Crippen molar-refractivity contribution in [2.24, 2.45) is 0 Å². The molecule has 2 aromatic rings. The summed E-state index contributed by atoms with van der Waals surface area (Å²) >= 11 is 18.9. The van der Waals surface area contributed by atoms with Crippen LogP contribution in [0.5, 0.6) is 0 Å². The van der Waals surface area contributed by atoms with Gasteiger partial charge in [0.1, 0.15) is 12.4 Å². The van der Waals surface area contributed by atoms with Crippen molar-refractivity contribution in [3.05, 3.63) is 62.6 Å². The van der Waals surface area contributed by atoms with Gasteiger partial charge in [-0.05, 0) is 55.3 Å². The Labute approximate surface area is 187 Å². The van der Waals surface area contributed by atoms with Gasteiger partial charge >= 0.3 is 0 Å². The van der Waals surface area contributed by atoms with Crippen molar-refractivity contribution in [2.45, 2.75) is 45.3 Å².